The van der Waals surface area contributed by atoms with Crippen molar-refractivity contribution in [3.63, 3.8) is 0 Å². The molecule has 45 heavy (non-hydrogen) atoms. The number of para-hydroxylation sites is 1. The summed E-state index contributed by atoms with van der Waals surface area (Å²) in [5, 5.41) is 11.5. The fourth-order valence-electron chi connectivity index (χ4n) is 5.70. The summed E-state index contributed by atoms with van der Waals surface area (Å²) >= 11 is 0. The highest BCUT2D eigenvalue weighted by Gasteiger charge is 2.33. The number of benzene rings is 4. The maximum absolute atomic E-state index is 14.3. The van der Waals surface area contributed by atoms with Crippen LogP contribution in [0.15, 0.2) is 97.1 Å². The highest BCUT2D eigenvalue weighted by atomic mass is 16.7. The fraction of sp³-hybridized carbons (Fsp3) is 0.235. The number of fused-ring (bicyclic) bond motifs is 2. The third-order valence-electron chi connectivity index (χ3n) is 8.00. The van der Waals surface area contributed by atoms with Gasteiger partial charge >= 0.3 is 0 Å². The van der Waals surface area contributed by atoms with Crippen LogP contribution >= 0.6 is 0 Å². The number of hydrogen-bond acceptors (Lipinski definition) is 8. The summed E-state index contributed by atoms with van der Waals surface area (Å²) in [5.41, 5.74) is 4.57. The van der Waals surface area contributed by atoms with Crippen molar-refractivity contribution in [1.29, 1.82) is 0 Å². The van der Waals surface area contributed by atoms with Gasteiger partial charge < -0.3 is 29.3 Å². The fourth-order valence-corrected chi connectivity index (χ4v) is 5.70. The van der Waals surface area contributed by atoms with Crippen LogP contribution in [0.2, 0.25) is 0 Å². The summed E-state index contributed by atoms with van der Waals surface area (Å²) in [5.74, 6) is 0.455. The normalized spacial score (nSPS) is 14.7. The van der Waals surface area contributed by atoms with Gasteiger partial charge in [-0.15, -0.1) is 5.10 Å². The Labute approximate surface area is 259 Å². The average Bonchev–Trinajstić information content (AvgIpc) is 3.72. The van der Waals surface area contributed by atoms with Gasteiger partial charge in [0.1, 0.15) is 18.1 Å². The Balaban J connectivity index is 1.23. The van der Waals surface area contributed by atoms with Gasteiger partial charge in [0.15, 0.2) is 11.5 Å². The van der Waals surface area contributed by atoms with E-state index in [0.717, 1.165) is 29.9 Å². The number of ether oxygens (including phenoxy) is 3. The second-order valence-electron chi connectivity index (χ2n) is 10.9. The van der Waals surface area contributed by atoms with Crippen molar-refractivity contribution in [3.05, 3.63) is 108 Å². The van der Waals surface area contributed by atoms with Gasteiger partial charge in [-0.1, -0.05) is 53.7 Å². The molecule has 5 aromatic rings. The molecule has 0 spiro atoms. The number of anilines is 2. The number of nitrogens with one attached hydrogen (secondary N) is 1. The van der Waals surface area contributed by atoms with E-state index in [1.165, 1.54) is 0 Å². The summed E-state index contributed by atoms with van der Waals surface area (Å²) in [6.07, 6.45) is 0. The van der Waals surface area contributed by atoms with Crippen LogP contribution < -0.4 is 19.7 Å². The van der Waals surface area contributed by atoms with Gasteiger partial charge in [0.25, 0.3) is 5.91 Å². The molecule has 1 saturated heterocycles. The van der Waals surface area contributed by atoms with Crippen LogP contribution in [0.25, 0.3) is 11.0 Å². The zero-order chi connectivity index (χ0) is 30.6. The smallest absolute Gasteiger partial charge is 0.251 e. The van der Waals surface area contributed by atoms with Gasteiger partial charge in [0.2, 0.25) is 12.7 Å². The Morgan fingerprint density at radius 1 is 0.867 bits per heavy atom. The Kier molecular flexibility index (Phi) is 7.98. The summed E-state index contributed by atoms with van der Waals surface area (Å²) in [6.45, 7) is 3.18. The Hall–Kier alpha value is -5.42. The van der Waals surface area contributed by atoms with E-state index in [9.17, 15) is 9.59 Å². The van der Waals surface area contributed by atoms with Gasteiger partial charge in [-0.2, -0.15) is 0 Å². The van der Waals surface area contributed by atoms with Gasteiger partial charge in [-0.25, -0.2) is 4.68 Å². The number of nitrogens with zero attached hydrogens (tertiary/aromatic N) is 5. The van der Waals surface area contributed by atoms with Crippen LogP contribution in [-0.4, -0.2) is 64.8 Å². The predicted molar refractivity (Wildman–Crippen MR) is 168 cm³/mol. The molecule has 1 N–H and O–H groups in total. The second-order valence-corrected chi connectivity index (χ2v) is 10.9. The average molecular weight is 605 g/mol. The van der Waals surface area contributed by atoms with Crippen LogP contribution in [0.5, 0.6) is 11.5 Å². The lowest BCUT2D eigenvalue weighted by Crippen LogP contribution is -2.42. The maximum Gasteiger partial charge on any atom is 0.251 e. The molecule has 1 atom stereocenters. The first-order valence-corrected chi connectivity index (χ1v) is 14.9. The molecule has 1 fully saturated rings. The van der Waals surface area contributed by atoms with E-state index in [2.05, 4.69) is 20.5 Å². The molecule has 11 nitrogen and oxygen atoms in total. The largest absolute Gasteiger partial charge is 0.454 e. The lowest BCUT2D eigenvalue weighted by Gasteiger charge is -2.32. The van der Waals surface area contributed by atoms with Crippen molar-refractivity contribution in [2.75, 3.05) is 43.3 Å². The lowest BCUT2D eigenvalue weighted by molar-refractivity contribution is -0.140. The molecular formula is C34H32N6O5. The van der Waals surface area contributed by atoms with E-state index < -0.39 is 6.04 Å². The Morgan fingerprint density at radius 3 is 2.44 bits per heavy atom. The molecule has 0 aliphatic carbocycles. The lowest BCUT2D eigenvalue weighted by atomic mass is 10.0. The van der Waals surface area contributed by atoms with Crippen LogP contribution in [0.1, 0.15) is 17.2 Å². The van der Waals surface area contributed by atoms with Crippen molar-refractivity contribution < 1.29 is 23.8 Å². The maximum atomic E-state index is 14.3. The molecule has 3 heterocycles. The molecule has 228 valence electrons. The number of rotatable bonds is 9. The molecular weight excluding hydrogens is 572 g/mol. The first kappa shape index (κ1) is 28.4. The topological polar surface area (TPSA) is 111 Å². The molecule has 1 unspecified atom stereocenters. The SMILES string of the molecule is O=C(Nc1ccc(N2CCOCC2)cc1)C(c1ccc2c(c1)OCO2)N(Cc1ccccc1)C(=O)Cn1nnc2ccccc21. The van der Waals surface area contributed by atoms with Gasteiger partial charge in [-0.3, -0.25) is 9.59 Å². The van der Waals surface area contributed by atoms with Crippen LogP contribution in [0.3, 0.4) is 0 Å². The number of amides is 2. The van der Waals surface area contributed by atoms with E-state index >= 15 is 0 Å². The zero-order valence-corrected chi connectivity index (χ0v) is 24.5. The van der Waals surface area contributed by atoms with Crippen LogP contribution in [0.4, 0.5) is 11.4 Å². The number of morpholine rings is 1. The minimum atomic E-state index is -0.999. The monoisotopic (exact) mass is 604 g/mol. The molecule has 0 radical (unpaired) electrons. The zero-order valence-electron chi connectivity index (χ0n) is 24.5. The predicted octanol–water partition coefficient (Wildman–Crippen LogP) is 4.41. The molecule has 2 aliphatic rings. The van der Waals surface area contributed by atoms with Crippen molar-refractivity contribution >= 4 is 34.2 Å². The van der Waals surface area contributed by atoms with E-state index in [-0.39, 0.29) is 31.7 Å². The highest BCUT2D eigenvalue weighted by molar-refractivity contribution is 5.98. The minimum absolute atomic E-state index is 0.0944. The van der Waals surface area contributed by atoms with E-state index in [0.29, 0.717) is 41.5 Å². The molecule has 0 bridgehead atoms. The molecule has 2 amide bonds. The van der Waals surface area contributed by atoms with Crippen molar-refractivity contribution in [3.8, 4) is 11.5 Å². The highest BCUT2D eigenvalue weighted by Crippen LogP contribution is 2.36. The van der Waals surface area contributed by atoms with Crippen LogP contribution in [-0.2, 0) is 27.4 Å². The van der Waals surface area contributed by atoms with Crippen molar-refractivity contribution in [2.24, 2.45) is 0 Å². The summed E-state index contributed by atoms with van der Waals surface area (Å²) < 4.78 is 18.2. The molecule has 1 aromatic heterocycles. The van der Waals surface area contributed by atoms with Gasteiger partial charge in [0.05, 0.1) is 18.7 Å². The molecule has 4 aromatic carbocycles. The van der Waals surface area contributed by atoms with Crippen molar-refractivity contribution in [2.45, 2.75) is 19.1 Å². The second kappa shape index (κ2) is 12.7. The van der Waals surface area contributed by atoms with Gasteiger partial charge in [0, 0.05) is 31.0 Å². The van der Waals surface area contributed by atoms with E-state index in [1.54, 1.807) is 27.8 Å². The standard InChI is InChI=1S/C34H32N6O5/c41-32(22-40-29-9-5-4-8-28(29)36-37-40)39(21-24-6-2-1-3-7-24)33(25-10-15-30-31(20-25)45-23-44-30)34(42)35-26-11-13-27(14-12-26)38-16-18-43-19-17-38/h1-15,20,33H,16-19,21-23H2,(H,35,42). The molecule has 0 saturated carbocycles. The summed E-state index contributed by atoms with van der Waals surface area (Å²) in [7, 11) is 0. The third kappa shape index (κ3) is 6.16. The number of aromatic nitrogens is 3. The van der Waals surface area contributed by atoms with E-state index in [4.69, 9.17) is 14.2 Å². The third-order valence-corrected chi connectivity index (χ3v) is 8.00. The first-order chi connectivity index (χ1) is 22.1. The minimum Gasteiger partial charge on any atom is -0.454 e. The number of hydrogen-bond donors (Lipinski definition) is 1. The Morgan fingerprint density at radius 2 is 1.62 bits per heavy atom. The quantitative estimate of drug-likeness (QED) is 0.264. The number of carbonyl (C=O) groups excluding carboxylic acids is 2. The van der Waals surface area contributed by atoms with Crippen LogP contribution in [0, 0.1) is 0 Å². The number of carbonyl (C=O) groups is 2. The van der Waals surface area contributed by atoms with E-state index in [1.807, 2.05) is 78.9 Å². The Bertz CT molecular complexity index is 1800. The van der Waals surface area contributed by atoms with Crippen molar-refractivity contribution in [1.82, 2.24) is 19.9 Å². The van der Waals surface area contributed by atoms with Gasteiger partial charge in [-0.05, 0) is 59.7 Å². The summed E-state index contributed by atoms with van der Waals surface area (Å²) in [4.78, 5) is 32.4. The molecule has 2 aliphatic heterocycles. The summed E-state index contributed by atoms with van der Waals surface area (Å²) in [6, 6.07) is 29.1. The molecule has 11 heteroatoms. The first-order valence-electron chi connectivity index (χ1n) is 14.9. The molecule has 7 rings (SSSR count).